The summed E-state index contributed by atoms with van der Waals surface area (Å²) in [5.41, 5.74) is 1.57. The molecule has 0 aliphatic rings. The third-order valence-corrected chi connectivity index (χ3v) is 3.71. The Morgan fingerprint density at radius 1 is 0.857 bits per heavy atom. The first kappa shape index (κ1) is 17.7. The van der Waals surface area contributed by atoms with Gasteiger partial charge in [0.15, 0.2) is 5.78 Å². The molecule has 0 heterocycles. The lowest BCUT2D eigenvalue weighted by Gasteiger charge is -2.28. The van der Waals surface area contributed by atoms with Crippen molar-refractivity contribution in [2.24, 2.45) is 5.41 Å². The average molecular weight is 290 g/mol. The SMILES string of the molecule is CC(C)(C)C(=O)c1cc(C(C)(C)C)cc(C(C)(C)C)c1O. The van der Waals surface area contributed by atoms with E-state index in [1.807, 2.05) is 32.9 Å². The molecule has 0 radical (unpaired) electrons. The van der Waals surface area contributed by atoms with Gasteiger partial charge in [0.1, 0.15) is 5.75 Å². The van der Waals surface area contributed by atoms with Crippen molar-refractivity contribution >= 4 is 5.78 Å². The molecule has 118 valence electrons. The number of Topliss-reactive ketones (excluding diaryl/α,β-unsaturated/α-hetero) is 1. The quantitative estimate of drug-likeness (QED) is 0.720. The molecule has 0 saturated carbocycles. The van der Waals surface area contributed by atoms with Gasteiger partial charge in [-0.15, -0.1) is 0 Å². The number of rotatable bonds is 1. The normalized spacial score (nSPS) is 13.4. The Bertz CT molecular complexity index is 547. The molecule has 2 nitrogen and oxygen atoms in total. The maximum absolute atomic E-state index is 12.7. The van der Waals surface area contributed by atoms with Crippen molar-refractivity contribution in [3.63, 3.8) is 0 Å². The van der Waals surface area contributed by atoms with Crippen LogP contribution in [0.3, 0.4) is 0 Å². The van der Waals surface area contributed by atoms with Crippen molar-refractivity contribution in [1.82, 2.24) is 0 Å². The fourth-order valence-corrected chi connectivity index (χ4v) is 2.22. The number of hydrogen-bond donors (Lipinski definition) is 1. The van der Waals surface area contributed by atoms with Gasteiger partial charge in [-0.25, -0.2) is 0 Å². The van der Waals surface area contributed by atoms with Crippen LogP contribution in [-0.2, 0) is 10.8 Å². The molecule has 1 aromatic carbocycles. The molecule has 21 heavy (non-hydrogen) atoms. The minimum atomic E-state index is -0.511. The van der Waals surface area contributed by atoms with Gasteiger partial charge in [0.25, 0.3) is 0 Å². The molecule has 2 heteroatoms. The Morgan fingerprint density at radius 2 is 1.33 bits per heavy atom. The molecule has 0 spiro atoms. The second-order valence-electron chi connectivity index (χ2n) is 9.00. The number of aromatic hydroxyl groups is 1. The Morgan fingerprint density at radius 3 is 1.67 bits per heavy atom. The Balaban J connectivity index is 3.69. The first-order chi connectivity index (χ1) is 9.15. The Hall–Kier alpha value is -1.31. The summed E-state index contributed by atoms with van der Waals surface area (Å²) < 4.78 is 0. The summed E-state index contributed by atoms with van der Waals surface area (Å²) in [6, 6.07) is 3.90. The van der Waals surface area contributed by atoms with Crippen LogP contribution in [0.15, 0.2) is 12.1 Å². The molecular formula is C19H30O2. The summed E-state index contributed by atoms with van der Waals surface area (Å²) in [6.07, 6.45) is 0. The van der Waals surface area contributed by atoms with Crippen LogP contribution in [0.4, 0.5) is 0 Å². The Kier molecular flexibility index (Phi) is 4.35. The summed E-state index contributed by atoms with van der Waals surface area (Å²) in [7, 11) is 0. The molecular weight excluding hydrogens is 260 g/mol. The summed E-state index contributed by atoms with van der Waals surface area (Å²) in [4.78, 5) is 12.7. The zero-order valence-corrected chi connectivity index (χ0v) is 15.0. The lowest BCUT2D eigenvalue weighted by Crippen LogP contribution is -2.24. The number of benzene rings is 1. The minimum Gasteiger partial charge on any atom is -0.507 e. The topological polar surface area (TPSA) is 37.3 Å². The number of carbonyl (C=O) groups excluding carboxylic acids is 1. The van der Waals surface area contributed by atoms with Gasteiger partial charge >= 0.3 is 0 Å². The average Bonchev–Trinajstić information content (AvgIpc) is 2.23. The van der Waals surface area contributed by atoms with E-state index in [9.17, 15) is 9.90 Å². The minimum absolute atomic E-state index is 0.0170. The molecule has 0 amide bonds. The van der Waals surface area contributed by atoms with Crippen molar-refractivity contribution in [2.45, 2.75) is 73.1 Å². The van der Waals surface area contributed by atoms with Gasteiger partial charge in [-0.2, -0.15) is 0 Å². The molecule has 0 unspecified atom stereocenters. The summed E-state index contributed by atoms with van der Waals surface area (Å²) in [5.74, 6) is 0.118. The largest absolute Gasteiger partial charge is 0.507 e. The number of ketones is 1. The fraction of sp³-hybridized carbons (Fsp3) is 0.632. The maximum atomic E-state index is 12.7. The third-order valence-electron chi connectivity index (χ3n) is 3.71. The summed E-state index contributed by atoms with van der Waals surface area (Å²) in [6.45, 7) is 18.2. The second-order valence-corrected chi connectivity index (χ2v) is 9.00. The third kappa shape index (κ3) is 3.87. The first-order valence-corrected chi connectivity index (χ1v) is 7.58. The van der Waals surface area contributed by atoms with Crippen molar-refractivity contribution in [1.29, 1.82) is 0 Å². The van der Waals surface area contributed by atoms with Gasteiger partial charge in [0.2, 0.25) is 0 Å². The van der Waals surface area contributed by atoms with Gasteiger partial charge in [-0.05, 0) is 22.5 Å². The Labute approximate surface area is 129 Å². The zero-order valence-electron chi connectivity index (χ0n) is 15.0. The molecule has 1 aromatic rings. The highest BCUT2D eigenvalue weighted by atomic mass is 16.3. The first-order valence-electron chi connectivity index (χ1n) is 7.58. The van der Waals surface area contributed by atoms with Gasteiger partial charge < -0.3 is 5.11 Å². The molecule has 0 fully saturated rings. The molecule has 0 aliphatic carbocycles. The monoisotopic (exact) mass is 290 g/mol. The molecule has 0 aromatic heterocycles. The van der Waals surface area contributed by atoms with Crippen molar-refractivity contribution in [3.05, 3.63) is 28.8 Å². The molecule has 0 aliphatic heterocycles. The van der Waals surface area contributed by atoms with Gasteiger partial charge in [0, 0.05) is 11.0 Å². The highest BCUT2D eigenvalue weighted by Crippen LogP contribution is 2.39. The van der Waals surface area contributed by atoms with E-state index in [0.717, 1.165) is 11.1 Å². The van der Waals surface area contributed by atoms with E-state index in [-0.39, 0.29) is 22.4 Å². The number of carbonyl (C=O) groups is 1. The molecule has 1 N–H and O–H groups in total. The van der Waals surface area contributed by atoms with Crippen LogP contribution in [0.2, 0.25) is 0 Å². The van der Waals surface area contributed by atoms with Gasteiger partial charge in [0.05, 0.1) is 5.56 Å². The van der Waals surface area contributed by atoms with Crippen LogP contribution in [0.25, 0.3) is 0 Å². The lowest BCUT2D eigenvalue weighted by molar-refractivity contribution is 0.0855. The van der Waals surface area contributed by atoms with Crippen LogP contribution in [0.5, 0.6) is 5.75 Å². The van der Waals surface area contributed by atoms with Crippen molar-refractivity contribution in [2.75, 3.05) is 0 Å². The van der Waals surface area contributed by atoms with E-state index in [1.165, 1.54) is 0 Å². The molecule has 0 bridgehead atoms. The highest BCUT2D eigenvalue weighted by Gasteiger charge is 2.31. The van der Waals surface area contributed by atoms with Crippen molar-refractivity contribution < 1.29 is 9.90 Å². The molecule has 1 rings (SSSR count). The van der Waals surface area contributed by atoms with Crippen molar-refractivity contribution in [3.8, 4) is 5.75 Å². The summed E-state index contributed by atoms with van der Waals surface area (Å²) >= 11 is 0. The van der Waals surface area contributed by atoms with E-state index < -0.39 is 5.41 Å². The van der Waals surface area contributed by atoms with E-state index >= 15 is 0 Å². The van der Waals surface area contributed by atoms with Crippen LogP contribution < -0.4 is 0 Å². The predicted octanol–water partition coefficient (Wildman–Crippen LogP) is 5.22. The van der Waals surface area contributed by atoms with E-state index in [4.69, 9.17) is 0 Å². The van der Waals surface area contributed by atoms with Crippen LogP contribution in [-0.4, -0.2) is 10.9 Å². The number of hydrogen-bond acceptors (Lipinski definition) is 2. The maximum Gasteiger partial charge on any atom is 0.171 e. The fourth-order valence-electron chi connectivity index (χ4n) is 2.22. The molecule has 0 atom stereocenters. The second kappa shape index (κ2) is 5.15. The zero-order chi connectivity index (χ0) is 16.8. The van der Waals surface area contributed by atoms with Gasteiger partial charge in [-0.1, -0.05) is 68.4 Å². The van der Waals surface area contributed by atoms with E-state index in [0.29, 0.717) is 5.56 Å². The van der Waals surface area contributed by atoms with Gasteiger partial charge in [-0.3, -0.25) is 4.79 Å². The number of phenols is 1. The standard InChI is InChI=1S/C19H30O2/c1-17(2,3)12-10-13(16(21)19(7,8)9)15(20)14(11-12)18(4,5)6/h10-11,20H,1-9H3. The lowest BCUT2D eigenvalue weighted by atomic mass is 9.76. The summed E-state index contributed by atoms with van der Waals surface area (Å²) in [5, 5.41) is 10.6. The predicted molar refractivity (Wildman–Crippen MR) is 89.3 cm³/mol. The smallest absolute Gasteiger partial charge is 0.171 e. The van der Waals surface area contributed by atoms with Crippen LogP contribution in [0.1, 0.15) is 83.8 Å². The van der Waals surface area contributed by atoms with Crippen LogP contribution >= 0.6 is 0 Å². The van der Waals surface area contributed by atoms with E-state index in [2.05, 4.69) is 41.5 Å². The highest BCUT2D eigenvalue weighted by molar-refractivity contribution is 6.02. The van der Waals surface area contributed by atoms with Crippen LogP contribution in [0, 0.1) is 5.41 Å². The number of phenolic OH excluding ortho intramolecular Hbond substituents is 1. The molecule has 0 saturated heterocycles. The van der Waals surface area contributed by atoms with E-state index in [1.54, 1.807) is 0 Å².